The molecule has 0 atom stereocenters. The van der Waals surface area contributed by atoms with Gasteiger partial charge in [-0.25, -0.2) is 14.2 Å². The predicted octanol–water partition coefficient (Wildman–Crippen LogP) is 3.27. The summed E-state index contributed by atoms with van der Waals surface area (Å²) in [6, 6.07) is 9.10. The van der Waals surface area contributed by atoms with Gasteiger partial charge in [0.25, 0.3) is 0 Å². The number of halogens is 1. The van der Waals surface area contributed by atoms with Gasteiger partial charge in [0.15, 0.2) is 0 Å². The van der Waals surface area contributed by atoms with Crippen molar-refractivity contribution in [3.8, 4) is 23.0 Å². The summed E-state index contributed by atoms with van der Waals surface area (Å²) in [4.78, 5) is 19.2. The van der Waals surface area contributed by atoms with Gasteiger partial charge >= 0.3 is 5.97 Å². The van der Waals surface area contributed by atoms with Crippen molar-refractivity contribution in [2.75, 3.05) is 5.73 Å². The molecule has 0 aliphatic rings. The van der Waals surface area contributed by atoms with E-state index in [1.165, 1.54) is 12.1 Å². The van der Waals surface area contributed by atoms with Crippen molar-refractivity contribution in [1.82, 2.24) is 9.97 Å². The molecule has 0 unspecified atom stereocenters. The van der Waals surface area contributed by atoms with E-state index in [0.29, 0.717) is 33.8 Å². The van der Waals surface area contributed by atoms with Gasteiger partial charge in [-0.15, -0.1) is 0 Å². The summed E-state index contributed by atoms with van der Waals surface area (Å²) in [5, 5.41) is 8.97. The van der Waals surface area contributed by atoms with E-state index in [0.717, 1.165) is 0 Å². The molecule has 5 nitrogen and oxygen atoms in total. The van der Waals surface area contributed by atoms with E-state index in [4.69, 9.17) is 10.8 Å². The molecule has 0 fully saturated rings. The second-order valence-electron chi connectivity index (χ2n) is 5.54. The Hall–Kier alpha value is -3.72. The highest BCUT2D eigenvalue weighted by atomic mass is 19.1. The quantitative estimate of drug-likeness (QED) is 0.695. The summed E-state index contributed by atoms with van der Waals surface area (Å²) in [5.41, 5.74) is 8.37. The van der Waals surface area contributed by atoms with Gasteiger partial charge in [0.05, 0.1) is 16.8 Å². The van der Waals surface area contributed by atoms with E-state index < -0.39 is 11.8 Å². The van der Waals surface area contributed by atoms with Gasteiger partial charge in [-0.1, -0.05) is 17.9 Å². The average molecular weight is 347 g/mol. The number of benzene rings is 1. The van der Waals surface area contributed by atoms with Gasteiger partial charge in [0, 0.05) is 23.5 Å². The SMILES string of the molecule is Cc1nccc(-c2ccc(C(=O)O)c(F)c2)c1C#Cc1ccc(N)nc1. The highest BCUT2D eigenvalue weighted by Crippen LogP contribution is 2.26. The number of anilines is 1. The van der Waals surface area contributed by atoms with Crippen LogP contribution in [-0.2, 0) is 0 Å². The second-order valence-corrected chi connectivity index (χ2v) is 5.54. The number of aromatic nitrogens is 2. The molecule has 3 rings (SSSR count). The third kappa shape index (κ3) is 3.52. The Kier molecular flexibility index (Phi) is 4.63. The van der Waals surface area contributed by atoms with Crippen molar-refractivity contribution in [2.24, 2.45) is 0 Å². The first-order valence-corrected chi connectivity index (χ1v) is 7.68. The van der Waals surface area contributed by atoms with Crippen molar-refractivity contribution in [2.45, 2.75) is 6.92 Å². The molecule has 0 aliphatic carbocycles. The number of carboxylic acid groups (broad SMARTS) is 1. The molecule has 3 N–H and O–H groups in total. The van der Waals surface area contributed by atoms with E-state index in [2.05, 4.69) is 21.8 Å². The van der Waals surface area contributed by atoms with Crippen molar-refractivity contribution in [3.63, 3.8) is 0 Å². The molecule has 128 valence electrons. The van der Waals surface area contributed by atoms with Crippen LogP contribution in [0.2, 0.25) is 0 Å². The van der Waals surface area contributed by atoms with Gasteiger partial charge in [0.1, 0.15) is 11.6 Å². The number of aryl methyl sites for hydroxylation is 1. The van der Waals surface area contributed by atoms with E-state index >= 15 is 0 Å². The third-order valence-electron chi connectivity index (χ3n) is 3.77. The minimum absolute atomic E-state index is 0.375. The molecule has 3 aromatic rings. The molecule has 2 heterocycles. The number of nitrogens with two attached hydrogens (primary N) is 1. The first-order chi connectivity index (χ1) is 12.5. The van der Waals surface area contributed by atoms with Gasteiger partial charge in [-0.05, 0) is 42.8 Å². The lowest BCUT2D eigenvalue weighted by atomic mass is 9.98. The number of nitrogen functional groups attached to an aromatic ring is 1. The maximum absolute atomic E-state index is 14.1. The van der Waals surface area contributed by atoms with Crippen LogP contribution in [0.5, 0.6) is 0 Å². The van der Waals surface area contributed by atoms with Crippen molar-refractivity contribution < 1.29 is 14.3 Å². The predicted molar refractivity (Wildman–Crippen MR) is 96.0 cm³/mol. The molecule has 26 heavy (non-hydrogen) atoms. The van der Waals surface area contributed by atoms with Crippen LogP contribution >= 0.6 is 0 Å². The fourth-order valence-corrected chi connectivity index (χ4v) is 2.43. The molecule has 0 bridgehead atoms. The number of rotatable bonds is 2. The molecular formula is C20H14FN3O2. The number of nitrogens with zero attached hydrogens (tertiary/aromatic N) is 2. The maximum atomic E-state index is 14.1. The minimum atomic E-state index is -1.31. The second kappa shape index (κ2) is 7.03. The van der Waals surface area contributed by atoms with E-state index in [9.17, 15) is 9.18 Å². The molecule has 6 heteroatoms. The van der Waals surface area contributed by atoms with Crippen LogP contribution < -0.4 is 5.73 Å². The summed E-state index contributed by atoms with van der Waals surface area (Å²) in [7, 11) is 0. The number of hydrogen-bond donors (Lipinski definition) is 2. The first-order valence-electron chi connectivity index (χ1n) is 7.68. The Labute approximate surface area is 149 Å². The summed E-state index contributed by atoms with van der Waals surface area (Å²) >= 11 is 0. The van der Waals surface area contributed by atoms with Gasteiger partial charge in [-0.2, -0.15) is 0 Å². The lowest BCUT2D eigenvalue weighted by Crippen LogP contribution is -2.01. The summed E-state index contributed by atoms with van der Waals surface area (Å²) in [6.07, 6.45) is 3.17. The van der Waals surface area contributed by atoms with Gasteiger partial charge < -0.3 is 10.8 Å². The summed E-state index contributed by atoms with van der Waals surface area (Å²) in [5.74, 6) is 4.32. The average Bonchev–Trinajstić information content (AvgIpc) is 2.61. The Morgan fingerprint density at radius 3 is 2.62 bits per heavy atom. The summed E-state index contributed by atoms with van der Waals surface area (Å²) in [6.45, 7) is 1.80. The lowest BCUT2D eigenvalue weighted by Gasteiger charge is -2.08. The molecule has 2 aromatic heterocycles. The maximum Gasteiger partial charge on any atom is 0.338 e. The topological polar surface area (TPSA) is 89.1 Å². The van der Waals surface area contributed by atoms with Gasteiger partial charge in [0.2, 0.25) is 0 Å². The number of aromatic carboxylic acids is 1. The van der Waals surface area contributed by atoms with Crippen LogP contribution in [-0.4, -0.2) is 21.0 Å². The molecule has 0 saturated carbocycles. The smallest absolute Gasteiger partial charge is 0.338 e. The largest absolute Gasteiger partial charge is 0.478 e. The molecule has 0 amide bonds. The van der Waals surface area contributed by atoms with Crippen LogP contribution in [0.1, 0.15) is 27.2 Å². The van der Waals surface area contributed by atoms with E-state index in [-0.39, 0.29) is 5.56 Å². The third-order valence-corrected chi connectivity index (χ3v) is 3.77. The Balaban J connectivity index is 2.08. The number of carboxylic acids is 1. The highest BCUT2D eigenvalue weighted by Gasteiger charge is 2.13. The molecule has 0 aliphatic heterocycles. The van der Waals surface area contributed by atoms with Crippen molar-refractivity contribution >= 4 is 11.8 Å². The first kappa shape index (κ1) is 17.1. The monoisotopic (exact) mass is 347 g/mol. The number of hydrogen-bond acceptors (Lipinski definition) is 4. The van der Waals surface area contributed by atoms with Gasteiger partial charge in [-0.3, -0.25) is 4.98 Å². The van der Waals surface area contributed by atoms with Crippen LogP contribution in [0, 0.1) is 24.6 Å². The number of pyridine rings is 2. The van der Waals surface area contributed by atoms with Crippen molar-refractivity contribution in [1.29, 1.82) is 0 Å². The normalized spacial score (nSPS) is 10.1. The highest BCUT2D eigenvalue weighted by molar-refractivity contribution is 5.89. The lowest BCUT2D eigenvalue weighted by molar-refractivity contribution is 0.0692. The molecular weight excluding hydrogens is 333 g/mol. The summed E-state index contributed by atoms with van der Waals surface area (Å²) < 4.78 is 14.1. The fourth-order valence-electron chi connectivity index (χ4n) is 2.43. The van der Waals surface area contributed by atoms with Crippen LogP contribution in [0.15, 0.2) is 48.8 Å². The fraction of sp³-hybridized carbons (Fsp3) is 0.0500. The van der Waals surface area contributed by atoms with Crippen molar-refractivity contribution in [3.05, 3.63) is 77.0 Å². The molecule has 1 aromatic carbocycles. The molecule has 0 saturated heterocycles. The zero-order valence-electron chi connectivity index (χ0n) is 13.8. The van der Waals surface area contributed by atoms with E-state index in [1.54, 1.807) is 43.6 Å². The van der Waals surface area contributed by atoms with Crippen LogP contribution in [0.25, 0.3) is 11.1 Å². The Bertz CT molecular complexity index is 1050. The molecule has 0 radical (unpaired) electrons. The minimum Gasteiger partial charge on any atom is -0.478 e. The molecule has 0 spiro atoms. The van der Waals surface area contributed by atoms with Crippen LogP contribution in [0.4, 0.5) is 10.2 Å². The Morgan fingerprint density at radius 2 is 1.96 bits per heavy atom. The zero-order valence-corrected chi connectivity index (χ0v) is 13.8. The standard InChI is InChI=1S/C20H14FN3O2/c1-12-15(5-2-13-3-7-19(22)24-11-13)16(8-9-23-12)14-4-6-17(20(25)26)18(21)10-14/h3-4,6-11H,1H3,(H2,22,24)(H,25,26). The Morgan fingerprint density at radius 1 is 1.15 bits per heavy atom. The van der Waals surface area contributed by atoms with E-state index in [1.807, 2.05) is 0 Å². The number of carbonyl (C=O) groups is 1. The zero-order chi connectivity index (χ0) is 18.7. The van der Waals surface area contributed by atoms with Crippen LogP contribution in [0.3, 0.4) is 0 Å².